The number of rotatable bonds is 4. The van der Waals surface area contributed by atoms with Crippen molar-refractivity contribution in [1.82, 2.24) is 0 Å². The van der Waals surface area contributed by atoms with Crippen molar-refractivity contribution < 1.29 is 13.2 Å². The average Bonchev–Trinajstić information content (AvgIpc) is 3.00. The van der Waals surface area contributed by atoms with E-state index >= 15 is 0 Å². The quantitative estimate of drug-likeness (QED) is 0.803. The van der Waals surface area contributed by atoms with Crippen LogP contribution in [0.15, 0.2) is 29.3 Å². The minimum absolute atomic E-state index is 0.0575. The minimum Gasteiger partial charge on any atom is -0.315 e. The van der Waals surface area contributed by atoms with Crippen LogP contribution in [0.1, 0.15) is 32.3 Å². The Bertz CT molecular complexity index is 800. The van der Waals surface area contributed by atoms with Crippen molar-refractivity contribution in [3.63, 3.8) is 0 Å². The number of fused-ring (bicyclic) bond motifs is 1. The summed E-state index contributed by atoms with van der Waals surface area (Å²) < 4.78 is 24.2. The van der Waals surface area contributed by atoms with Crippen molar-refractivity contribution in [2.24, 2.45) is 10.9 Å². The standard InChI is InChI=1S/C18H24N2O3S2/c1-4-13(5-2)17(21)19-18-20(14-9-7-6-8-12(14)3)15-10-25(22,23)11-16(15)24-18/h6-9,13,15-16H,4-5,10-11H2,1-3H3/t15-,16-/m0/s1. The van der Waals surface area contributed by atoms with Gasteiger partial charge in [-0.05, 0) is 31.4 Å². The molecule has 0 unspecified atom stereocenters. The molecule has 2 heterocycles. The molecule has 3 rings (SSSR count). The Morgan fingerprint density at radius 1 is 1.28 bits per heavy atom. The highest BCUT2D eigenvalue weighted by Crippen LogP contribution is 2.42. The maximum absolute atomic E-state index is 12.5. The number of carbonyl (C=O) groups excluding carboxylic acids is 1. The summed E-state index contributed by atoms with van der Waals surface area (Å²) in [6.45, 7) is 5.99. The molecule has 0 spiro atoms. The van der Waals surface area contributed by atoms with Gasteiger partial charge < -0.3 is 4.90 Å². The molecule has 7 heteroatoms. The zero-order chi connectivity index (χ0) is 18.2. The highest BCUT2D eigenvalue weighted by Gasteiger charge is 2.49. The lowest BCUT2D eigenvalue weighted by Crippen LogP contribution is -2.38. The number of anilines is 1. The molecule has 1 aromatic carbocycles. The van der Waals surface area contributed by atoms with E-state index in [-0.39, 0.29) is 34.6 Å². The van der Waals surface area contributed by atoms with Crippen LogP contribution in [-0.4, -0.2) is 42.3 Å². The first-order valence-electron chi connectivity index (χ1n) is 8.70. The molecule has 0 bridgehead atoms. The van der Waals surface area contributed by atoms with Crippen molar-refractivity contribution >= 4 is 38.4 Å². The van der Waals surface area contributed by atoms with Crippen LogP contribution < -0.4 is 4.90 Å². The second kappa shape index (κ2) is 7.11. The number of hydrogen-bond acceptors (Lipinski definition) is 4. The first-order valence-corrected chi connectivity index (χ1v) is 11.4. The number of hydrogen-bond donors (Lipinski definition) is 0. The first kappa shape index (κ1) is 18.5. The van der Waals surface area contributed by atoms with Crippen molar-refractivity contribution in [3.8, 4) is 0 Å². The van der Waals surface area contributed by atoms with Gasteiger partial charge in [-0.3, -0.25) is 4.79 Å². The zero-order valence-electron chi connectivity index (χ0n) is 14.8. The number of nitrogens with zero attached hydrogens (tertiary/aromatic N) is 2. The average molecular weight is 381 g/mol. The van der Waals surface area contributed by atoms with Crippen LogP contribution in [0.2, 0.25) is 0 Å². The number of aryl methyl sites for hydroxylation is 1. The van der Waals surface area contributed by atoms with Gasteiger partial charge in [-0.2, -0.15) is 4.99 Å². The van der Waals surface area contributed by atoms with Gasteiger partial charge in [0.2, 0.25) is 0 Å². The molecule has 1 amide bonds. The van der Waals surface area contributed by atoms with E-state index in [2.05, 4.69) is 4.99 Å². The summed E-state index contributed by atoms with van der Waals surface area (Å²) in [6, 6.07) is 7.71. The molecule has 2 fully saturated rings. The molecule has 1 aromatic rings. The summed E-state index contributed by atoms with van der Waals surface area (Å²) in [5.41, 5.74) is 1.99. The predicted octanol–water partition coefficient (Wildman–Crippen LogP) is 3.03. The van der Waals surface area contributed by atoms with E-state index in [4.69, 9.17) is 0 Å². The van der Waals surface area contributed by atoms with Gasteiger partial charge >= 0.3 is 0 Å². The summed E-state index contributed by atoms with van der Waals surface area (Å²) >= 11 is 1.44. The van der Waals surface area contributed by atoms with E-state index < -0.39 is 9.84 Å². The van der Waals surface area contributed by atoms with E-state index in [1.807, 2.05) is 49.9 Å². The SMILES string of the molecule is CCC(CC)C(=O)N=C1S[C@H]2CS(=O)(=O)C[C@@H]2N1c1ccccc1C. The molecular formula is C18H24N2O3S2. The Morgan fingerprint density at radius 3 is 2.60 bits per heavy atom. The van der Waals surface area contributed by atoms with Crippen LogP contribution in [0.4, 0.5) is 5.69 Å². The third-order valence-corrected chi connectivity index (χ3v) is 8.19. The summed E-state index contributed by atoms with van der Waals surface area (Å²) in [5, 5.41) is 0.592. The zero-order valence-corrected chi connectivity index (χ0v) is 16.4. The van der Waals surface area contributed by atoms with Crippen molar-refractivity contribution in [2.75, 3.05) is 16.4 Å². The van der Waals surface area contributed by atoms with Crippen LogP contribution in [-0.2, 0) is 14.6 Å². The molecule has 0 radical (unpaired) electrons. The Kier molecular flexibility index (Phi) is 5.25. The smallest absolute Gasteiger partial charge is 0.251 e. The summed E-state index contributed by atoms with van der Waals surface area (Å²) in [5.74, 6) is 0.102. The molecule has 0 N–H and O–H groups in total. The van der Waals surface area contributed by atoms with E-state index in [0.29, 0.717) is 5.17 Å². The summed E-state index contributed by atoms with van der Waals surface area (Å²) in [4.78, 5) is 18.9. The van der Waals surface area contributed by atoms with Gasteiger partial charge in [0, 0.05) is 16.9 Å². The third kappa shape index (κ3) is 3.62. The molecule has 136 valence electrons. The number of amidine groups is 1. The van der Waals surface area contributed by atoms with Crippen molar-refractivity contribution in [1.29, 1.82) is 0 Å². The number of aliphatic imine (C=N–C) groups is 1. The van der Waals surface area contributed by atoms with Gasteiger partial charge in [-0.15, -0.1) is 0 Å². The molecule has 5 nitrogen and oxygen atoms in total. The maximum atomic E-state index is 12.5. The lowest BCUT2D eigenvalue weighted by Gasteiger charge is -2.26. The third-order valence-electron chi connectivity index (χ3n) is 4.98. The molecule has 2 aliphatic heterocycles. The maximum Gasteiger partial charge on any atom is 0.251 e. The molecule has 2 atom stereocenters. The number of para-hydroxylation sites is 1. The number of sulfone groups is 1. The van der Waals surface area contributed by atoms with Crippen LogP contribution in [0.5, 0.6) is 0 Å². The highest BCUT2D eigenvalue weighted by atomic mass is 32.2. The molecule has 2 saturated heterocycles. The fourth-order valence-electron chi connectivity index (χ4n) is 3.50. The topological polar surface area (TPSA) is 66.8 Å². The Balaban J connectivity index is 2.01. The van der Waals surface area contributed by atoms with Crippen molar-refractivity contribution in [3.05, 3.63) is 29.8 Å². The number of carbonyl (C=O) groups is 1. The highest BCUT2D eigenvalue weighted by molar-refractivity contribution is 8.16. The van der Waals surface area contributed by atoms with Crippen LogP contribution in [0.3, 0.4) is 0 Å². The van der Waals surface area contributed by atoms with Gasteiger partial charge in [0.25, 0.3) is 5.91 Å². The molecule has 0 aliphatic carbocycles. The molecular weight excluding hydrogens is 356 g/mol. The Labute approximate surface area is 153 Å². The fraction of sp³-hybridized carbons (Fsp3) is 0.556. The van der Waals surface area contributed by atoms with Crippen LogP contribution in [0.25, 0.3) is 0 Å². The molecule has 0 aromatic heterocycles. The molecule has 2 aliphatic rings. The second-order valence-electron chi connectivity index (χ2n) is 6.70. The summed E-state index contributed by atoms with van der Waals surface area (Å²) in [7, 11) is -3.04. The van der Waals surface area contributed by atoms with Crippen molar-refractivity contribution in [2.45, 2.75) is 44.9 Å². The largest absolute Gasteiger partial charge is 0.315 e. The van der Waals surface area contributed by atoms with E-state index in [0.717, 1.165) is 24.1 Å². The molecule has 0 saturated carbocycles. The van der Waals surface area contributed by atoms with E-state index in [1.54, 1.807) is 0 Å². The van der Waals surface area contributed by atoms with Gasteiger partial charge in [-0.25, -0.2) is 8.42 Å². The van der Waals surface area contributed by atoms with E-state index in [9.17, 15) is 13.2 Å². The normalized spacial score (nSPS) is 26.4. The van der Waals surface area contributed by atoms with Crippen LogP contribution >= 0.6 is 11.8 Å². The number of benzene rings is 1. The summed E-state index contributed by atoms with van der Waals surface area (Å²) in [6.07, 6.45) is 1.53. The monoisotopic (exact) mass is 380 g/mol. The van der Waals surface area contributed by atoms with Crippen LogP contribution in [0, 0.1) is 12.8 Å². The van der Waals surface area contributed by atoms with Gasteiger partial charge in [0.05, 0.1) is 17.5 Å². The fourth-order valence-corrected chi connectivity index (χ4v) is 7.42. The first-order chi connectivity index (χ1) is 11.9. The number of amides is 1. The number of thioether (sulfide) groups is 1. The second-order valence-corrected chi connectivity index (χ2v) is 10.1. The molecule has 25 heavy (non-hydrogen) atoms. The lowest BCUT2D eigenvalue weighted by atomic mass is 10.0. The van der Waals surface area contributed by atoms with E-state index in [1.165, 1.54) is 11.8 Å². The van der Waals surface area contributed by atoms with Gasteiger partial charge in [-0.1, -0.05) is 43.8 Å². The Hall–Kier alpha value is -1.34. The predicted molar refractivity (Wildman–Crippen MR) is 104 cm³/mol. The van der Waals surface area contributed by atoms with Gasteiger partial charge in [0.15, 0.2) is 15.0 Å². The van der Waals surface area contributed by atoms with Gasteiger partial charge in [0.1, 0.15) is 0 Å². The Morgan fingerprint density at radius 2 is 1.96 bits per heavy atom. The lowest BCUT2D eigenvalue weighted by molar-refractivity contribution is -0.121. The minimum atomic E-state index is -3.04.